The van der Waals surface area contributed by atoms with Gasteiger partial charge in [0.25, 0.3) is 0 Å². The molecule has 0 aliphatic heterocycles. The molecule has 7 heavy (non-hydrogen) atoms. The summed E-state index contributed by atoms with van der Waals surface area (Å²) in [5, 5.41) is 0. The van der Waals surface area contributed by atoms with Gasteiger partial charge in [0.05, 0.1) is 0 Å². The molecule has 0 nitrogen and oxygen atoms in total. The average Bonchev–Trinajstić information content (AvgIpc) is 0. The van der Waals surface area contributed by atoms with Crippen molar-refractivity contribution in [1.82, 2.24) is 0 Å². The van der Waals surface area contributed by atoms with Crippen LogP contribution < -0.4 is 120 Å². The predicted octanol–water partition coefficient (Wildman–Crippen LogP) is -15.0. The first-order chi connectivity index (χ1) is 0. The van der Waals surface area contributed by atoms with Crippen LogP contribution in [0.15, 0.2) is 0 Å². The zero-order chi connectivity index (χ0) is 0. The summed E-state index contributed by atoms with van der Waals surface area (Å²) in [4.78, 5) is 0. The summed E-state index contributed by atoms with van der Waals surface area (Å²) in [5.74, 6) is 0. The summed E-state index contributed by atoms with van der Waals surface area (Å²) in [5.41, 5.74) is 0. The molecule has 0 atom stereocenters. The first kappa shape index (κ1) is 55.2. The Morgan fingerprint density at radius 2 is 0.286 bits per heavy atom. The molecular weight excluding hydrogens is 817 g/mol. The fraction of sp³-hybridized carbons (Fsp3) is 0. The maximum atomic E-state index is 0. The van der Waals surface area contributed by atoms with E-state index in [-0.39, 0.29) is 172 Å². The summed E-state index contributed by atoms with van der Waals surface area (Å²) in [6.07, 6.45) is 0. The molecule has 0 aliphatic carbocycles. The van der Waals surface area contributed by atoms with E-state index >= 15 is 0 Å². The topological polar surface area (TPSA) is 0 Å². The molecule has 0 aromatic rings. The van der Waals surface area contributed by atoms with Crippen molar-refractivity contribution in [3.05, 3.63) is 0 Å². The van der Waals surface area contributed by atoms with Crippen LogP contribution in [0.5, 0.6) is 0 Å². The van der Waals surface area contributed by atoms with Crippen molar-refractivity contribution in [2.75, 3.05) is 0 Å². The van der Waals surface area contributed by atoms with Crippen LogP contribution >= 0.6 is 0 Å². The van der Waals surface area contributed by atoms with E-state index in [0.29, 0.717) is 0 Å². The summed E-state index contributed by atoms with van der Waals surface area (Å²) >= 11 is 0. The minimum Gasteiger partial charge on any atom is -1.00 e. The Bertz CT molecular complexity index is 6.04. The quantitative estimate of drug-likeness (QED) is 0.214. The molecule has 40 valence electrons. The maximum absolute atomic E-state index is 0. The van der Waals surface area contributed by atoms with E-state index in [1.165, 1.54) is 0 Å². The van der Waals surface area contributed by atoms with Gasteiger partial charge >= 0.3 is 52.4 Å². The van der Waals surface area contributed by atoms with Crippen LogP contribution in [-0.4, -0.2) is 0 Å². The van der Waals surface area contributed by atoms with Crippen molar-refractivity contribution in [1.29, 1.82) is 0 Å². The zero-order valence-corrected chi connectivity index (χ0v) is 18.6. The molecule has 0 aromatic carbocycles. The summed E-state index contributed by atoms with van der Waals surface area (Å²) < 4.78 is 0. The molecule has 0 fully saturated rings. The van der Waals surface area contributed by atoms with Gasteiger partial charge in [0.1, 0.15) is 0 Å². The van der Waals surface area contributed by atoms with Crippen molar-refractivity contribution < 1.29 is 172 Å². The van der Waals surface area contributed by atoms with Crippen LogP contribution in [-0.2, 0) is 52.4 Å². The van der Waals surface area contributed by atoms with E-state index in [4.69, 9.17) is 0 Å². The molecule has 0 aliphatic rings. The Kier molecular flexibility index (Phi) is 333. The van der Waals surface area contributed by atoms with Crippen molar-refractivity contribution in [2.45, 2.75) is 0 Å². The standard InChI is InChI=1S/5HI.2Zr/h5*1H;;/q;;;;;2*+4/p-5. The molecule has 0 radical (unpaired) electrons. The second-order valence-electron chi connectivity index (χ2n) is 0. The normalized spacial score (nSPS) is 0. The SMILES string of the molecule is [I-].[I-].[I-].[I-].[I-].[Zr+4].[Zr+4]. The van der Waals surface area contributed by atoms with E-state index in [2.05, 4.69) is 0 Å². The first-order valence-electron chi connectivity index (χ1n) is 0. The fourth-order valence-electron chi connectivity index (χ4n) is 0. The minimum absolute atomic E-state index is 0. The Labute approximate surface area is 168 Å². The molecule has 0 bridgehead atoms. The van der Waals surface area contributed by atoms with Gasteiger partial charge in [-0.15, -0.1) is 0 Å². The van der Waals surface area contributed by atoms with E-state index in [9.17, 15) is 0 Å². The molecule has 7 heteroatoms. The summed E-state index contributed by atoms with van der Waals surface area (Å²) in [6, 6.07) is 0. The third kappa shape index (κ3) is 34.5. The largest absolute Gasteiger partial charge is 4.00 e. The molecule has 0 saturated carbocycles. The van der Waals surface area contributed by atoms with Crippen LogP contribution in [0.25, 0.3) is 0 Å². The molecule has 0 amide bonds. The van der Waals surface area contributed by atoms with Gasteiger partial charge < -0.3 is 120 Å². The molecule has 0 heterocycles. The van der Waals surface area contributed by atoms with E-state index in [1.807, 2.05) is 0 Å². The molecule has 0 aromatic heterocycles. The van der Waals surface area contributed by atoms with Gasteiger partial charge in [-0.25, -0.2) is 0 Å². The number of halogens is 5. The molecule has 0 spiro atoms. The maximum Gasteiger partial charge on any atom is 4.00 e. The zero-order valence-electron chi connectivity index (χ0n) is 2.89. The Balaban J connectivity index is 0. The van der Waals surface area contributed by atoms with E-state index < -0.39 is 0 Å². The summed E-state index contributed by atoms with van der Waals surface area (Å²) in [6.45, 7) is 0. The van der Waals surface area contributed by atoms with Crippen LogP contribution in [0, 0.1) is 0 Å². The molecule has 0 unspecified atom stereocenters. The van der Waals surface area contributed by atoms with Crippen LogP contribution in [0.2, 0.25) is 0 Å². The predicted molar refractivity (Wildman–Crippen MR) is 0 cm³/mol. The van der Waals surface area contributed by atoms with Gasteiger partial charge in [-0.1, -0.05) is 0 Å². The fourth-order valence-corrected chi connectivity index (χ4v) is 0. The Hall–Kier alpha value is 5.42. The smallest absolute Gasteiger partial charge is 1.00 e. The average molecular weight is 817 g/mol. The van der Waals surface area contributed by atoms with Gasteiger partial charge in [0, 0.05) is 0 Å². The van der Waals surface area contributed by atoms with Gasteiger partial charge in [-0.2, -0.15) is 0 Å². The summed E-state index contributed by atoms with van der Waals surface area (Å²) in [7, 11) is 0. The third-order valence-electron chi connectivity index (χ3n) is 0. The van der Waals surface area contributed by atoms with Crippen molar-refractivity contribution in [3.63, 3.8) is 0 Å². The van der Waals surface area contributed by atoms with Gasteiger partial charge in [-0.05, 0) is 0 Å². The molecular formula is I5Zr2+3. The molecule has 0 N–H and O–H groups in total. The molecule has 0 saturated heterocycles. The van der Waals surface area contributed by atoms with Crippen LogP contribution in [0.3, 0.4) is 0 Å². The van der Waals surface area contributed by atoms with E-state index in [0.717, 1.165) is 0 Å². The third-order valence-corrected chi connectivity index (χ3v) is 0. The second-order valence-corrected chi connectivity index (χ2v) is 0. The van der Waals surface area contributed by atoms with Gasteiger partial charge in [0.15, 0.2) is 0 Å². The van der Waals surface area contributed by atoms with Gasteiger partial charge in [-0.3, -0.25) is 0 Å². The number of hydrogen-bond donors (Lipinski definition) is 0. The van der Waals surface area contributed by atoms with E-state index in [1.54, 1.807) is 0 Å². The van der Waals surface area contributed by atoms with Crippen molar-refractivity contribution in [2.24, 2.45) is 0 Å². The molecule has 0 rings (SSSR count). The monoisotopic (exact) mass is 814 g/mol. The Morgan fingerprint density at radius 1 is 0.286 bits per heavy atom. The Morgan fingerprint density at radius 3 is 0.286 bits per heavy atom. The van der Waals surface area contributed by atoms with Crippen molar-refractivity contribution >= 4 is 0 Å². The number of rotatable bonds is 0. The van der Waals surface area contributed by atoms with Crippen LogP contribution in [0.1, 0.15) is 0 Å². The van der Waals surface area contributed by atoms with Crippen molar-refractivity contribution in [3.8, 4) is 0 Å². The first-order valence-corrected chi connectivity index (χ1v) is 0. The minimum atomic E-state index is 0. The second kappa shape index (κ2) is 42.2. The number of hydrogen-bond acceptors (Lipinski definition) is 0. The van der Waals surface area contributed by atoms with Gasteiger partial charge in [0.2, 0.25) is 0 Å². The van der Waals surface area contributed by atoms with Crippen LogP contribution in [0.4, 0.5) is 0 Å².